The molecule has 0 N–H and O–H groups in total. The molecule has 0 unspecified atom stereocenters. The number of hydrogen-bond acceptors (Lipinski definition) is 0. The van der Waals surface area contributed by atoms with Gasteiger partial charge in [0.2, 0.25) is 0 Å². The summed E-state index contributed by atoms with van der Waals surface area (Å²) in [6.45, 7) is 28.2. The van der Waals surface area contributed by atoms with E-state index < -0.39 is 0 Å². The van der Waals surface area contributed by atoms with Crippen molar-refractivity contribution in [2.24, 2.45) is 0 Å². The fraction of sp³-hybridized carbons (Fsp3) is 0.0667. The fourth-order valence-corrected chi connectivity index (χ4v) is 3.67. The third-order valence-corrected chi connectivity index (χ3v) is 6.44. The lowest BCUT2D eigenvalue weighted by molar-refractivity contribution is 1.45. The van der Waals surface area contributed by atoms with E-state index in [2.05, 4.69) is 109 Å². The van der Waals surface area contributed by atoms with Gasteiger partial charge in [-0.1, -0.05) is 214 Å². The summed E-state index contributed by atoms with van der Waals surface area (Å²) in [4.78, 5) is 0. The van der Waals surface area contributed by atoms with Crippen LogP contribution in [0.25, 0.3) is 36.5 Å². The number of rotatable bonds is 6. The average molecular weight is 589 g/mol. The number of hydrogen-bond donors (Lipinski definition) is 0. The predicted octanol–water partition coefficient (Wildman–Crippen LogP) is 13.2. The van der Waals surface area contributed by atoms with Crippen LogP contribution in [0.3, 0.4) is 0 Å². The molecule has 0 heterocycles. The summed E-state index contributed by atoms with van der Waals surface area (Å²) in [5.74, 6) is 0. The Morgan fingerprint density at radius 3 is 1.09 bits per heavy atom. The Labute approximate surface area is 273 Å². The molecule has 0 saturated carbocycles. The first-order valence-electron chi connectivity index (χ1n) is 14.9. The highest BCUT2D eigenvalue weighted by Gasteiger charge is 1.87. The largest absolute Gasteiger partial charge is 0.0985 e. The molecule has 5 rings (SSSR count). The van der Waals surface area contributed by atoms with Gasteiger partial charge in [-0.25, -0.2) is 0 Å². The van der Waals surface area contributed by atoms with Gasteiger partial charge in [0.05, 0.1) is 0 Å². The summed E-state index contributed by atoms with van der Waals surface area (Å²) in [6, 6.07) is 42.8. The number of aryl methyl sites for hydroxylation is 3. The highest BCUT2D eigenvalue weighted by Crippen LogP contribution is 2.07. The van der Waals surface area contributed by atoms with Gasteiger partial charge in [-0.2, -0.15) is 0 Å². The quantitative estimate of drug-likeness (QED) is 0.185. The van der Waals surface area contributed by atoms with Crippen molar-refractivity contribution >= 4 is 36.5 Å². The van der Waals surface area contributed by atoms with Crippen molar-refractivity contribution in [3.63, 3.8) is 0 Å². The molecular formula is C45H48. The summed E-state index contributed by atoms with van der Waals surface area (Å²) in [5.41, 5.74) is 10.9. The normalized spacial score (nSPS) is 8.87. The SMILES string of the molecule is C=Cc1ccc(C)cc1.C=Cc1ccc(C=C)cc1.C=Cc1cccc(C)c1.C=Cc1ccccc1.C=Cc1ccccc1C. The Hall–Kier alpha value is -5.46. The van der Waals surface area contributed by atoms with Crippen LogP contribution in [-0.4, -0.2) is 0 Å². The van der Waals surface area contributed by atoms with Crippen molar-refractivity contribution < 1.29 is 0 Å². The van der Waals surface area contributed by atoms with Crippen molar-refractivity contribution in [1.82, 2.24) is 0 Å². The Morgan fingerprint density at radius 1 is 0.333 bits per heavy atom. The zero-order valence-corrected chi connectivity index (χ0v) is 27.3. The molecule has 0 saturated heterocycles. The van der Waals surface area contributed by atoms with Gasteiger partial charge in [-0.3, -0.25) is 0 Å². The van der Waals surface area contributed by atoms with Crippen LogP contribution in [0.15, 0.2) is 167 Å². The van der Waals surface area contributed by atoms with Crippen molar-refractivity contribution in [1.29, 1.82) is 0 Å². The zero-order valence-electron chi connectivity index (χ0n) is 27.3. The molecule has 0 fully saturated rings. The first-order chi connectivity index (χ1) is 21.8. The first kappa shape index (κ1) is 37.6. The third kappa shape index (κ3) is 16.7. The molecule has 0 spiro atoms. The molecule has 0 bridgehead atoms. The van der Waals surface area contributed by atoms with Gasteiger partial charge in [0.25, 0.3) is 0 Å². The molecule has 0 atom stereocenters. The van der Waals surface area contributed by atoms with E-state index in [-0.39, 0.29) is 0 Å². The van der Waals surface area contributed by atoms with Crippen molar-refractivity contribution in [2.45, 2.75) is 20.8 Å². The van der Waals surface area contributed by atoms with Crippen molar-refractivity contribution in [2.75, 3.05) is 0 Å². The lowest BCUT2D eigenvalue weighted by atomic mass is 10.1. The monoisotopic (exact) mass is 588 g/mol. The molecule has 0 amide bonds. The fourth-order valence-electron chi connectivity index (χ4n) is 3.67. The van der Waals surface area contributed by atoms with Gasteiger partial charge in [-0.15, -0.1) is 0 Å². The molecule has 0 aromatic heterocycles. The lowest BCUT2D eigenvalue weighted by Crippen LogP contribution is -1.75. The standard InChI is InChI=1S/C10H10.3C9H10.C8H8/c1-3-9-5-7-10(4-2)8-6-9;1-3-9-6-4-8(2)5-7-9;1-3-9-6-4-5-8(2)7-9;1-3-9-7-5-4-6-8(9)2;1-2-8-6-4-3-5-7-8/h3-8H,1-2H2;3*3-7H,1H2,2H3;2-7H,1H2. The van der Waals surface area contributed by atoms with Gasteiger partial charge >= 0.3 is 0 Å². The minimum atomic E-state index is 1.14. The van der Waals surface area contributed by atoms with E-state index >= 15 is 0 Å². The van der Waals surface area contributed by atoms with Crippen LogP contribution in [0.5, 0.6) is 0 Å². The van der Waals surface area contributed by atoms with E-state index in [9.17, 15) is 0 Å². The molecule has 0 radical (unpaired) electrons. The topological polar surface area (TPSA) is 0 Å². The highest BCUT2D eigenvalue weighted by atomic mass is 13.9. The van der Waals surface area contributed by atoms with E-state index in [0.717, 1.165) is 11.1 Å². The smallest absolute Gasteiger partial charge is 0.0233 e. The second kappa shape index (κ2) is 23.1. The summed E-state index contributed by atoms with van der Waals surface area (Å²) >= 11 is 0. The molecule has 0 heteroatoms. The molecule has 45 heavy (non-hydrogen) atoms. The zero-order chi connectivity index (χ0) is 33.3. The molecular weight excluding hydrogens is 540 g/mol. The molecule has 0 aliphatic heterocycles. The summed E-state index contributed by atoms with van der Waals surface area (Å²) in [5, 5.41) is 0. The molecule has 228 valence electrons. The van der Waals surface area contributed by atoms with Gasteiger partial charge in [0.1, 0.15) is 0 Å². The maximum atomic E-state index is 3.69. The van der Waals surface area contributed by atoms with Gasteiger partial charge in [0.15, 0.2) is 0 Å². The molecule has 5 aromatic carbocycles. The summed E-state index contributed by atoms with van der Waals surface area (Å²) < 4.78 is 0. The molecule has 0 nitrogen and oxygen atoms in total. The van der Waals surface area contributed by atoms with E-state index in [1.54, 1.807) is 0 Å². The maximum Gasteiger partial charge on any atom is -0.0233 e. The Bertz CT molecular complexity index is 1550. The number of benzene rings is 5. The summed E-state index contributed by atoms with van der Waals surface area (Å²) in [7, 11) is 0. The van der Waals surface area contributed by atoms with Gasteiger partial charge in [0, 0.05) is 0 Å². The Morgan fingerprint density at radius 2 is 0.733 bits per heavy atom. The van der Waals surface area contributed by atoms with Crippen LogP contribution < -0.4 is 0 Å². The van der Waals surface area contributed by atoms with E-state index in [0.29, 0.717) is 0 Å². The third-order valence-electron chi connectivity index (χ3n) is 6.44. The van der Waals surface area contributed by atoms with Crippen LogP contribution in [0, 0.1) is 20.8 Å². The van der Waals surface area contributed by atoms with Gasteiger partial charge < -0.3 is 0 Å². The van der Waals surface area contributed by atoms with E-state index in [1.165, 1.54) is 38.9 Å². The van der Waals surface area contributed by atoms with Crippen molar-refractivity contribution in [3.8, 4) is 0 Å². The van der Waals surface area contributed by atoms with Crippen LogP contribution in [0.4, 0.5) is 0 Å². The molecule has 5 aromatic rings. The maximum absolute atomic E-state index is 3.69. The minimum Gasteiger partial charge on any atom is -0.0985 e. The second-order valence-corrected chi connectivity index (χ2v) is 9.98. The second-order valence-electron chi connectivity index (χ2n) is 9.98. The van der Waals surface area contributed by atoms with Crippen LogP contribution in [0.2, 0.25) is 0 Å². The summed E-state index contributed by atoms with van der Waals surface area (Å²) in [6.07, 6.45) is 11.1. The lowest BCUT2D eigenvalue weighted by Gasteiger charge is -1.95. The Balaban J connectivity index is 0.000000282. The average Bonchev–Trinajstić information content (AvgIpc) is 3.10. The van der Waals surface area contributed by atoms with Gasteiger partial charge in [-0.05, 0) is 59.7 Å². The van der Waals surface area contributed by atoms with E-state index in [4.69, 9.17) is 0 Å². The minimum absolute atomic E-state index is 1.14. The van der Waals surface area contributed by atoms with Crippen molar-refractivity contribution in [3.05, 3.63) is 217 Å². The van der Waals surface area contributed by atoms with Crippen LogP contribution in [0.1, 0.15) is 50.1 Å². The van der Waals surface area contributed by atoms with Crippen LogP contribution >= 0.6 is 0 Å². The Kier molecular flexibility index (Phi) is 19.2. The molecule has 0 aliphatic rings. The highest BCUT2D eigenvalue weighted by molar-refractivity contribution is 5.54. The first-order valence-corrected chi connectivity index (χ1v) is 14.9. The predicted molar refractivity (Wildman–Crippen MR) is 207 cm³/mol. The van der Waals surface area contributed by atoms with Crippen LogP contribution in [-0.2, 0) is 0 Å². The van der Waals surface area contributed by atoms with E-state index in [1.807, 2.05) is 115 Å². The molecule has 0 aliphatic carbocycles.